The third kappa shape index (κ3) is 5.35. The monoisotopic (exact) mass is 525 g/mol. The van der Waals surface area contributed by atoms with Crippen LogP contribution >= 0.6 is 11.8 Å². The van der Waals surface area contributed by atoms with Gasteiger partial charge in [-0.05, 0) is 66.4 Å². The number of ether oxygens (including phenoxy) is 3. The van der Waals surface area contributed by atoms with Gasteiger partial charge in [0.25, 0.3) is 5.91 Å². The molecule has 1 amide bonds. The number of amides is 1. The number of nitrogens with one attached hydrogen (secondary N) is 1. The van der Waals surface area contributed by atoms with Crippen molar-refractivity contribution in [3.63, 3.8) is 0 Å². The van der Waals surface area contributed by atoms with Gasteiger partial charge in [-0.2, -0.15) is 4.99 Å². The molecule has 2 heterocycles. The van der Waals surface area contributed by atoms with E-state index >= 15 is 0 Å². The fourth-order valence-electron chi connectivity index (χ4n) is 4.30. The number of amidine groups is 2. The molecule has 0 fully saturated rings. The van der Waals surface area contributed by atoms with Gasteiger partial charge in [0.05, 0.1) is 18.4 Å². The van der Waals surface area contributed by atoms with E-state index in [0.717, 1.165) is 28.1 Å². The first-order valence-electron chi connectivity index (χ1n) is 12.1. The van der Waals surface area contributed by atoms with Gasteiger partial charge in [-0.25, -0.2) is 0 Å². The summed E-state index contributed by atoms with van der Waals surface area (Å²) in [5.74, 6) is 1.54. The number of hydrogen-bond acceptors (Lipinski definition) is 6. The molecule has 0 spiro atoms. The van der Waals surface area contributed by atoms with Crippen LogP contribution in [-0.2, 0) is 4.79 Å². The normalized spacial score (nSPS) is 15.8. The summed E-state index contributed by atoms with van der Waals surface area (Å²) in [7, 11) is 1.56. The minimum atomic E-state index is -0.445. The molecular weight excluding hydrogens is 498 g/mol. The highest BCUT2D eigenvalue weighted by Crippen LogP contribution is 2.37. The molecule has 2 aliphatic rings. The Morgan fingerprint density at radius 3 is 2.42 bits per heavy atom. The maximum Gasteiger partial charge on any atom is 0.283 e. The standard InChI is InChI=1S/C30H27N3O4S/c1-19-13-20(2)15-23(14-19)36-11-12-37-26-10-9-21(17-27(26)35-3)16-24-28(31)33-25(22-7-5-4-6-8-22)18-38-30(33)32-29(24)34/h4-10,13-18,31H,11-12H2,1-3H3. The molecule has 0 saturated heterocycles. The van der Waals surface area contributed by atoms with Gasteiger partial charge in [0, 0.05) is 5.41 Å². The second-order valence-corrected chi connectivity index (χ2v) is 9.70. The van der Waals surface area contributed by atoms with Crippen molar-refractivity contribution in [1.29, 1.82) is 5.41 Å². The summed E-state index contributed by atoms with van der Waals surface area (Å²) in [4.78, 5) is 18.8. The maximum absolute atomic E-state index is 12.8. The van der Waals surface area contributed by atoms with E-state index < -0.39 is 5.91 Å². The lowest BCUT2D eigenvalue weighted by atomic mass is 10.1. The third-order valence-electron chi connectivity index (χ3n) is 5.99. The Bertz CT molecular complexity index is 1470. The van der Waals surface area contributed by atoms with Crippen LogP contribution < -0.4 is 14.2 Å². The van der Waals surface area contributed by atoms with E-state index in [4.69, 9.17) is 19.6 Å². The molecule has 0 saturated carbocycles. The van der Waals surface area contributed by atoms with Crippen LogP contribution in [0, 0.1) is 19.3 Å². The molecule has 0 radical (unpaired) electrons. The summed E-state index contributed by atoms with van der Waals surface area (Å²) in [5, 5.41) is 11.2. The Kier molecular flexibility index (Phi) is 7.33. The molecular formula is C30H27N3O4S. The number of aryl methyl sites for hydroxylation is 2. The first-order chi connectivity index (χ1) is 18.4. The number of rotatable bonds is 8. The van der Waals surface area contributed by atoms with Crippen molar-refractivity contribution in [3.05, 3.63) is 100.0 Å². The van der Waals surface area contributed by atoms with E-state index in [1.54, 1.807) is 30.2 Å². The SMILES string of the molecule is COc1cc(C=C2C(=N)N3C(c4ccccc4)=CSC3=NC2=O)ccc1OCCOc1cc(C)cc(C)c1. The second kappa shape index (κ2) is 11.0. The van der Waals surface area contributed by atoms with E-state index in [0.29, 0.717) is 35.4 Å². The highest BCUT2D eigenvalue weighted by atomic mass is 32.2. The Balaban J connectivity index is 1.30. The van der Waals surface area contributed by atoms with Crippen LogP contribution in [-0.4, -0.2) is 42.1 Å². The smallest absolute Gasteiger partial charge is 0.283 e. The lowest BCUT2D eigenvalue weighted by molar-refractivity contribution is -0.114. The highest BCUT2D eigenvalue weighted by molar-refractivity contribution is 8.17. The van der Waals surface area contributed by atoms with E-state index in [1.165, 1.54) is 11.8 Å². The van der Waals surface area contributed by atoms with Crippen molar-refractivity contribution in [3.8, 4) is 17.2 Å². The largest absolute Gasteiger partial charge is 0.493 e. The summed E-state index contributed by atoms with van der Waals surface area (Å²) in [5.41, 5.74) is 4.97. The van der Waals surface area contributed by atoms with Crippen molar-refractivity contribution < 1.29 is 19.0 Å². The van der Waals surface area contributed by atoms with Gasteiger partial charge in [-0.3, -0.25) is 15.1 Å². The molecule has 192 valence electrons. The average molecular weight is 526 g/mol. The zero-order chi connectivity index (χ0) is 26.6. The molecule has 3 aromatic rings. The molecule has 0 aliphatic carbocycles. The maximum atomic E-state index is 12.8. The lowest BCUT2D eigenvalue weighted by Crippen LogP contribution is -2.38. The molecule has 0 aromatic heterocycles. The number of carbonyl (C=O) groups is 1. The van der Waals surface area contributed by atoms with Gasteiger partial charge in [0.15, 0.2) is 16.7 Å². The molecule has 38 heavy (non-hydrogen) atoms. The molecule has 7 nitrogen and oxygen atoms in total. The summed E-state index contributed by atoms with van der Waals surface area (Å²) in [6.07, 6.45) is 1.66. The molecule has 0 atom stereocenters. The Labute approximate surface area is 225 Å². The van der Waals surface area contributed by atoms with Crippen molar-refractivity contribution >= 4 is 40.4 Å². The number of methoxy groups -OCH3 is 1. The number of aliphatic imine (C=N–C) groups is 1. The van der Waals surface area contributed by atoms with Gasteiger partial charge < -0.3 is 14.2 Å². The summed E-state index contributed by atoms with van der Waals surface area (Å²) in [6.45, 7) is 4.80. The minimum absolute atomic E-state index is 0.0860. The summed E-state index contributed by atoms with van der Waals surface area (Å²) < 4.78 is 17.3. The molecule has 5 rings (SSSR count). The fourth-order valence-corrected chi connectivity index (χ4v) is 5.19. The van der Waals surface area contributed by atoms with Gasteiger partial charge >= 0.3 is 0 Å². The lowest BCUT2D eigenvalue weighted by Gasteiger charge is -2.27. The molecule has 3 aromatic carbocycles. The Morgan fingerprint density at radius 1 is 0.947 bits per heavy atom. The predicted octanol–water partition coefficient (Wildman–Crippen LogP) is 6.07. The number of nitrogens with zero attached hydrogens (tertiary/aromatic N) is 2. The topological polar surface area (TPSA) is 84.2 Å². The summed E-state index contributed by atoms with van der Waals surface area (Å²) >= 11 is 1.34. The van der Waals surface area contributed by atoms with Crippen molar-refractivity contribution in [2.45, 2.75) is 13.8 Å². The molecule has 2 aliphatic heterocycles. The number of thioether (sulfide) groups is 1. The minimum Gasteiger partial charge on any atom is -0.493 e. The predicted molar refractivity (Wildman–Crippen MR) is 152 cm³/mol. The van der Waals surface area contributed by atoms with Crippen LogP contribution in [0.4, 0.5) is 0 Å². The van der Waals surface area contributed by atoms with Gasteiger partial charge in [0.2, 0.25) is 0 Å². The number of hydrogen-bond donors (Lipinski definition) is 1. The van der Waals surface area contributed by atoms with Crippen LogP contribution in [0.3, 0.4) is 0 Å². The Hall–Kier alpha value is -4.30. The van der Waals surface area contributed by atoms with Crippen molar-refractivity contribution in [1.82, 2.24) is 4.90 Å². The van der Waals surface area contributed by atoms with Crippen molar-refractivity contribution in [2.75, 3.05) is 20.3 Å². The zero-order valence-electron chi connectivity index (χ0n) is 21.4. The van der Waals surface area contributed by atoms with Crippen molar-refractivity contribution in [2.24, 2.45) is 4.99 Å². The quantitative estimate of drug-likeness (QED) is 0.284. The van der Waals surface area contributed by atoms with E-state index in [2.05, 4.69) is 11.1 Å². The van der Waals surface area contributed by atoms with Gasteiger partial charge in [-0.1, -0.05) is 54.2 Å². The van der Waals surface area contributed by atoms with E-state index in [-0.39, 0.29) is 11.4 Å². The summed E-state index contributed by atoms with van der Waals surface area (Å²) in [6, 6.07) is 21.2. The first-order valence-corrected chi connectivity index (χ1v) is 13.0. The molecule has 1 N–H and O–H groups in total. The molecule has 8 heteroatoms. The first kappa shape index (κ1) is 25.4. The van der Waals surface area contributed by atoms with E-state index in [9.17, 15) is 4.79 Å². The fraction of sp³-hybridized carbons (Fsp3) is 0.167. The van der Waals surface area contributed by atoms with Crippen LogP contribution in [0.25, 0.3) is 11.8 Å². The zero-order valence-corrected chi connectivity index (χ0v) is 22.2. The second-order valence-electron chi connectivity index (χ2n) is 8.86. The van der Waals surface area contributed by atoms with Crippen LogP contribution in [0.5, 0.6) is 17.2 Å². The molecule has 0 unspecified atom stereocenters. The average Bonchev–Trinajstić information content (AvgIpc) is 3.33. The number of benzene rings is 3. The number of fused-ring (bicyclic) bond motifs is 1. The van der Waals surface area contributed by atoms with Gasteiger partial charge in [0.1, 0.15) is 24.8 Å². The Morgan fingerprint density at radius 2 is 1.68 bits per heavy atom. The third-order valence-corrected chi connectivity index (χ3v) is 6.81. The van der Waals surface area contributed by atoms with Crippen LogP contribution in [0.1, 0.15) is 22.3 Å². The molecule has 0 bridgehead atoms. The highest BCUT2D eigenvalue weighted by Gasteiger charge is 2.36. The van der Waals surface area contributed by atoms with E-state index in [1.807, 2.05) is 67.8 Å². The van der Waals surface area contributed by atoms with Crippen LogP contribution in [0.2, 0.25) is 0 Å². The number of carbonyl (C=O) groups excluding carboxylic acids is 1. The van der Waals surface area contributed by atoms with Gasteiger partial charge in [-0.15, -0.1) is 0 Å². The van der Waals surface area contributed by atoms with Crippen LogP contribution in [0.15, 0.2) is 82.7 Å².